The van der Waals surface area contributed by atoms with Gasteiger partial charge in [0.25, 0.3) is 0 Å². The summed E-state index contributed by atoms with van der Waals surface area (Å²) < 4.78 is 12.8. The van der Waals surface area contributed by atoms with Crippen LogP contribution >= 0.6 is 0 Å². The maximum absolute atomic E-state index is 12.8. The first-order valence-electron chi connectivity index (χ1n) is 5.80. The summed E-state index contributed by atoms with van der Waals surface area (Å²) in [5.74, 6) is 0.645. The average molecular weight is 245 g/mol. The number of nitrogens with two attached hydrogens (primary N) is 1. The number of halogens is 1. The SMILES string of the molecule is CN(Cc1ccc(F)cc1)c1ncccc1CN. The summed E-state index contributed by atoms with van der Waals surface area (Å²) in [6.07, 6.45) is 1.75. The van der Waals surface area contributed by atoms with E-state index in [-0.39, 0.29) is 5.82 Å². The number of anilines is 1. The molecule has 0 fully saturated rings. The second kappa shape index (κ2) is 5.60. The molecule has 0 saturated heterocycles. The van der Waals surface area contributed by atoms with Crippen LogP contribution < -0.4 is 10.6 Å². The van der Waals surface area contributed by atoms with E-state index in [0.29, 0.717) is 13.1 Å². The van der Waals surface area contributed by atoms with Crippen LogP contribution in [0.1, 0.15) is 11.1 Å². The fraction of sp³-hybridized carbons (Fsp3) is 0.214. The minimum atomic E-state index is -0.220. The lowest BCUT2D eigenvalue weighted by Crippen LogP contribution is -2.20. The molecule has 0 aliphatic rings. The topological polar surface area (TPSA) is 42.2 Å². The number of benzene rings is 1. The minimum absolute atomic E-state index is 0.220. The first-order valence-corrected chi connectivity index (χ1v) is 5.80. The molecular weight excluding hydrogens is 229 g/mol. The summed E-state index contributed by atoms with van der Waals surface area (Å²) in [4.78, 5) is 6.34. The van der Waals surface area contributed by atoms with Gasteiger partial charge in [0.15, 0.2) is 0 Å². The van der Waals surface area contributed by atoms with Crippen molar-refractivity contribution in [2.75, 3.05) is 11.9 Å². The number of rotatable bonds is 4. The van der Waals surface area contributed by atoms with Gasteiger partial charge in [-0.15, -0.1) is 0 Å². The molecular formula is C14H16FN3. The zero-order valence-corrected chi connectivity index (χ0v) is 10.3. The molecule has 1 heterocycles. The Morgan fingerprint density at radius 1 is 1.22 bits per heavy atom. The predicted molar refractivity (Wildman–Crippen MR) is 70.6 cm³/mol. The van der Waals surface area contributed by atoms with Crippen LogP contribution in [0.3, 0.4) is 0 Å². The minimum Gasteiger partial charge on any atom is -0.355 e. The Bertz CT molecular complexity index is 511. The van der Waals surface area contributed by atoms with E-state index >= 15 is 0 Å². The molecule has 1 aromatic carbocycles. The van der Waals surface area contributed by atoms with Crippen LogP contribution in [0.15, 0.2) is 42.6 Å². The van der Waals surface area contributed by atoms with Crippen molar-refractivity contribution in [2.24, 2.45) is 5.73 Å². The van der Waals surface area contributed by atoms with Gasteiger partial charge in [-0.2, -0.15) is 0 Å². The fourth-order valence-corrected chi connectivity index (χ4v) is 1.87. The fourth-order valence-electron chi connectivity index (χ4n) is 1.87. The molecule has 3 nitrogen and oxygen atoms in total. The van der Waals surface area contributed by atoms with Crippen molar-refractivity contribution >= 4 is 5.82 Å². The molecule has 2 rings (SSSR count). The molecule has 0 saturated carbocycles. The van der Waals surface area contributed by atoms with Crippen LogP contribution in [0.4, 0.5) is 10.2 Å². The smallest absolute Gasteiger partial charge is 0.133 e. The molecule has 0 atom stereocenters. The van der Waals surface area contributed by atoms with Gasteiger partial charge in [0, 0.05) is 31.9 Å². The molecule has 0 spiro atoms. The Labute approximate surface area is 106 Å². The third-order valence-corrected chi connectivity index (χ3v) is 2.78. The summed E-state index contributed by atoms with van der Waals surface area (Å²) >= 11 is 0. The molecule has 4 heteroatoms. The number of aromatic nitrogens is 1. The van der Waals surface area contributed by atoms with E-state index in [1.165, 1.54) is 12.1 Å². The van der Waals surface area contributed by atoms with E-state index in [4.69, 9.17) is 5.73 Å². The number of pyridine rings is 1. The Hall–Kier alpha value is -1.94. The van der Waals surface area contributed by atoms with E-state index in [1.54, 1.807) is 18.3 Å². The third-order valence-electron chi connectivity index (χ3n) is 2.78. The van der Waals surface area contributed by atoms with Crippen molar-refractivity contribution in [2.45, 2.75) is 13.1 Å². The first kappa shape index (κ1) is 12.5. The zero-order valence-electron chi connectivity index (χ0n) is 10.3. The Kier molecular flexibility index (Phi) is 3.89. The Balaban J connectivity index is 2.16. The predicted octanol–water partition coefficient (Wildman–Crippen LogP) is 2.32. The highest BCUT2D eigenvalue weighted by Crippen LogP contribution is 2.17. The van der Waals surface area contributed by atoms with Crippen molar-refractivity contribution in [1.29, 1.82) is 0 Å². The van der Waals surface area contributed by atoms with E-state index in [1.807, 2.05) is 24.1 Å². The van der Waals surface area contributed by atoms with Gasteiger partial charge >= 0.3 is 0 Å². The molecule has 0 bridgehead atoms. The first-order chi connectivity index (χ1) is 8.70. The van der Waals surface area contributed by atoms with Gasteiger partial charge in [0.05, 0.1) is 0 Å². The molecule has 0 unspecified atom stereocenters. The maximum atomic E-state index is 12.8. The summed E-state index contributed by atoms with van der Waals surface area (Å²) in [6, 6.07) is 10.3. The van der Waals surface area contributed by atoms with E-state index < -0.39 is 0 Å². The van der Waals surface area contributed by atoms with Gasteiger partial charge in [0.1, 0.15) is 11.6 Å². The summed E-state index contributed by atoms with van der Waals surface area (Å²) in [5.41, 5.74) is 7.72. The van der Waals surface area contributed by atoms with Crippen LogP contribution in [0, 0.1) is 5.82 Å². The van der Waals surface area contributed by atoms with Crippen molar-refractivity contribution in [3.05, 3.63) is 59.5 Å². The van der Waals surface area contributed by atoms with E-state index in [2.05, 4.69) is 4.98 Å². The lowest BCUT2D eigenvalue weighted by Gasteiger charge is -2.20. The highest BCUT2D eigenvalue weighted by Gasteiger charge is 2.07. The summed E-state index contributed by atoms with van der Waals surface area (Å²) in [5, 5.41) is 0. The van der Waals surface area contributed by atoms with E-state index in [9.17, 15) is 4.39 Å². The van der Waals surface area contributed by atoms with Crippen LogP contribution in [-0.4, -0.2) is 12.0 Å². The molecule has 2 aromatic rings. The average Bonchev–Trinajstić information content (AvgIpc) is 2.41. The quantitative estimate of drug-likeness (QED) is 0.898. The van der Waals surface area contributed by atoms with Crippen LogP contribution in [0.5, 0.6) is 0 Å². The van der Waals surface area contributed by atoms with Crippen LogP contribution in [-0.2, 0) is 13.1 Å². The Morgan fingerprint density at radius 2 is 1.94 bits per heavy atom. The summed E-state index contributed by atoms with van der Waals surface area (Å²) in [7, 11) is 1.95. The van der Waals surface area contributed by atoms with Gasteiger partial charge in [-0.25, -0.2) is 9.37 Å². The molecule has 18 heavy (non-hydrogen) atoms. The van der Waals surface area contributed by atoms with Gasteiger partial charge < -0.3 is 10.6 Å². The molecule has 2 N–H and O–H groups in total. The van der Waals surface area contributed by atoms with Crippen LogP contribution in [0.25, 0.3) is 0 Å². The van der Waals surface area contributed by atoms with Crippen molar-refractivity contribution in [1.82, 2.24) is 4.98 Å². The number of nitrogens with zero attached hydrogens (tertiary/aromatic N) is 2. The van der Waals surface area contributed by atoms with E-state index in [0.717, 1.165) is 16.9 Å². The molecule has 0 amide bonds. The standard InChI is InChI=1S/C14H16FN3/c1-18(10-11-4-6-13(15)7-5-11)14-12(9-16)3-2-8-17-14/h2-8H,9-10,16H2,1H3. The van der Waals surface area contributed by atoms with Gasteiger partial charge in [-0.1, -0.05) is 18.2 Å². The highest BCUT2D eigenvalue weighted by molar-refractivity contribution is 5.46. The molecule has 0 aliphatic carbocycles. The van der Waals surface area contributed by atoms with Crippen molar-refractivity contribution in [3.8, 4) is 0 Å². The maximum Gasteiger partial charge on any atom is 0.133 e. The number of hydrogen-bond acceptors (Lipinski definition) is 3. The lowest BCUT2D eigenvalue weighted by atomic mass is 10.2. The second-order valence-electron chi connectivity index (χ2n) is 4.17. The molecule has 94 valence electrons. The second-order valence-corrected chi connectivity index (χ2v) is 4.17. The molecule has 0 radical (unpaired) electrons. The number of hydrogen-bond donors (Lipinski definition) is 1. The highest BCUT2D eigenvalue weighted by atomic mass is 19.1. The lowest BCUT2D eigenvalue weighted by molar-refractivity contribution is 0.627. The third kappa shape index (κ3) is 2.84. The van der Waals surface area contributed by atoms with Crippen LogP contribution in [0.2, 0.25) is 0 Å². The summed E-state index contributed by atoms with van der Waals surface area (Å²) in [6.45, 7) is 1.13. The largest absolute Gasteiger partial charge is 0.355 e. The molecule has 1 aromatic heterocycles. The van der Waals surface area contributed by atoms with Gasteiger partial charge in [-0.05, 0) is 23.8 Å². The monoisotopic (exact) mass is 245 g/mol. The molecule has 0 aliphatic heterocycles. The Morgan fingerprint density at radius 3 is 2.61 bits per heavy atom. The normalized spacial score (nSPS) is 10.4. The zero-order chi connectivity index (χ0) is 13.0. The van der Waals surface area contributed by atoms with Crippen molar-refractivity contribution in [3.63, 3.8) is 0 Å². The van der Waals surface area contributed by atoms with Crippen molar-refractivity contribution < 1.29 is 4.39 Å². The van der Waals surface area contributed by atoms with Gasteiger partial charge in [-0.3, -0.25) is 0 Å². The van der Waals surface area contributed by atoms with Gasteiger partial charge in [0.2, 0.25) is 0 Å².